The van der Waals surface area contributed by atoms with Crippen LogP contribution < -0.4 is 9.62 Å². The van der Waals surface area contributed by atoms with Gasteiger partial charge in [0.2, 0.25) is 21.8 Å². The van der Waals surface area contributed by atoms with E-state index in [1.807, 2.05) is 0 Å². The molecule has 1 aliphatic rings. The van der Waals surface area contributed by atoms with Crippen molar-refractivity contribution in [2.45, 2.75) is 12.8 Å². The van der Waals surface area contributed by atoms with Crippen LogP contribution in [-0.2, 0) is 30.8 Å². The number of nitrogens with one attached hydrogen (secondary N) is 1. The number of ether oxygens (including phenoxy) is 1. The first-order chi connectivity index (χ1) is 12.3. The van der Waals surface area contributed by atoms with Crippen molar-refractivity contribution < 1.29 is 22.7 Å². The zero-order valence-corrected chi connectivity index (χ0v) is 15.9. The molecule has 1 N–H and O–H groups in total. The van der Waals surface area contributed by atoms with Gasteiger partial charge < -0.3 is 15.0 Å². The van der Waals surface area contributed by atoms with Gasteiger partial charge in [-0.3, -0.25) is 13.9 Å². The number of carbonyl (C=O) groups excluding carboxylic acids is 2. The summed E-state index contributed by atoms with van der Waals surface area (Å²) in [5.74, 6) is -0.394. The smallest absolute Gasteiger partial charge is 0.243 e. The van der Waals surface area contributed by atoms with E-state index < -0.39 is 10.0 Å². The molecule has 0 atom stereocenters. The lowest BCUT2D eigenvalue weighted by Crippen LogP contribution is -2.47. The Balaban J connectivity index is 2.24. The van der Waals surface area contributed by atoms with Gasteiger partial charge >= 0.3 is 0 Å². The molecule has 0 aliphatic carbocycles. The van der Waals surface area contributed by atoms with Crippen molar-refractivity contribution in [1.82, 2.24) is 10.2 Å². The van der Waals surface area contributed by atoms with E-state index in [2.05, 4.69) is 5.32 Å². The first kappa shape index (κ1) is 20.2. The van der Waals surface area contributed by atoms with E-state index in [4.69, 9.17) is 4.74 Å². The second kappa shape index (κ2) is 9.00. The topological polar surface area (TPSA) is 96.0 Å². The monoisotopic (exact) mass is 383 g/mol. The third-order valence-electron chi connectivity index (χ3n) is 4.20. The molecule has 9 heteroatoms. The average molecular weight is 383 g/mol. The van der Waals surface area contributed by atoms with Crippen LogP contribution in [0.2, 0.25) is 0 Å². The van der Waals surface area contributed by atoms with Crippen molar-refractivity contribution in [1.29, 1.82) is 0 Å². The molecule has 0 bridgehead atoms. The lowest BCUT2D eigenvalue weighted by Gasteiger charge is -2.30. The predicted molar refractivity (Wildman–Crippen MR) is 98.4 cm³/mol. The highest BCUT2D eigenvalue weighted by Gasteiger charge is 2.26. The van der Waals surface area contributed by atoms with Gasteiger partial charge in [-0.1, -0.05) is 18.2 Å². The van der Waals surface area contributed by atoms with Crippen LogP contribution in [0.25, 0.3) is 0 Å². The van der Waals surface area contributed by atoms with Crippen LogP contribution in [0.4, 0.5) is 5.69 Å². The fraction of sp³-hybridized carbons (Fsp3) is 0.529. The summed E-state index contributed by atoms with van der Waals surface area (Å²) >= 11 is 0. The summed E-state index contributed by atoms with van der Waals surface area (Å²) < 4.78 is 31.0. The van der Waals surface area contributed by atoms with Gasteiger partial charge in [0.05, 0.1) is 25.2 Å². The minimum Gasteiger partial charge on any atom is -0.378 e. The summed E-state index contributed by atoms with van der Waals surface area (Å²) in [5.41, 5.74) is 1.14. The van der Waals surface area contributed by atoms with Gasteiger partial charge in [-0.05, 0) is 18.1 Å². The molecule has 1 aliphatic heterocycles. The third kappa shape index (κ3) is 5.43. The maximum atomic E-state index is 12.6. The number of carbonyl (C=O) groups is 2. The summed E-state index contributed by atoms with van der Waals surface area (Å²) in [6.07, 6.45) is 1.70. The molecule has 1 saturated heterocycles. The van der Waals surface area contributed by atoms with Crippen LogP contribution in [0.15, 0.2) is 24.3 Å². The molecule has 8 nitrogen and oxygen atoms in total. The fourth-order valence-corrected chi connectivity index (χ4v) is 3.64. The number of rotatable bonds is 7. The first-order valence-electron chi connectivity index (χ1n) is 8.44. The SMILES string of the molecule is CNC(=O)CCc1ccccc1N(CC(=O)N1CCOCC1)S(C)(=O)=O. The van der Waals surface area contributed by atoms with E-state index in [1.165, 1.54) is 0 Å². The Labute approximate surface area is 154 Å². The highest BCUT2D eigenvalue weighted by atomic mass is 32.2. The number of anilines is 1. The zero-order valence-electron chi connectivity index (χ0n) is 15.1. The first-order valence-corrected chi connectivity index (χ1v) is 10.3. The molecule has 26 heavy (non-hydrogen) atoms. The van der Waals surface area contributed by atoms with E-state index in [1.54, 1.807) is 36.2 Å². The Morgan fingerprint density at radius 2 is 1.88 bits per heavy atom. The van der Waals surface area contributed by atoms with Crippen molar-refractivity contribution >= 4 is 27.5 Å². The summed E-state index contributed by atoms with van der Waals surface area (Å²) in [6.45, 7) is 1.54. The van der Waals surface area contributed by atoms with Gasteiger partial charge in [-0.15, -0.1) is 0 Å². The van der Waals surface area contributed by atoms with Gasteiger partial charge in [-0.2, -0.15) is 0 Å². The number of morpholine rings is 1. The van der Waals surface area contributed by atoms with Crippen molar-refractivity contribution in [2.75, 3.05) is 50.5 Å². The molecule has 0 unspecified atom stereocenters. The van der Waals surface area contributed by atoms with Gasteiger partial charge in [0.25, 0.3) is 0 Å². The highest BCUT2D eigenvalue weighted by molar-refractivity contribution is 7.92. The summed E-state index contributed by atoms with van der Waals surface area (Å²) in [6, 6.07) is 6.94. The number of hydrogen-bond donors (Lipinski definition) is 1. The Hall–Kier alpha value is -2.13. The van der Waals surface area contributed by atoms with Crippen LogP contribution in [-0.4, -0.2) is 71.3 Å². The molecule has 1 aromatic carbocycles. The molecule has 0 radical (unpaired) electrons. The van der Waals surface area contributed by atoms with Crippen LogP contribution in [0.5, 0.6) is 0 Å². The lowest BCUT2D eigenvalue weighted by molar-refractivity contribution is -0.133. The normalized spacial score (nSPS) is 14.8. The van der Waals surface area contributed by atoms with E-state index in [0.717, 1.165) is 10.6 Å². The lowest BCUT2D eigenvalue weighted by atomic mass is 10.1. The molecule has 144 valence electrons. The zero-order chi connectivity index (χ0) is 19.2. The van der Waals surface area contributed by atoms with E-state index in [9.17, 15) is 18.0 Å². The Morgan fingerprint density at radius 3 is 2.50 bits per heavy atom. The quantitative estimate of drug-likeness (QED) is 0.714. The van der Waals surface area contributed by atoms with Gasteiger partial charge in [0, 0.05) is 26.6 Å². The predicted octanol–water partition coefficient (Wildman–Crippen LogP) is -0.01000. The number of sulfonamides is 1. The summed E-state index contributed by atoms with van der Waals surface area (Å²) in [5, 5.41) is 2.55. The molecule has 2 rings (SSSR count). The van der Waals surface area contributed by atoms with E-state index in [-0.39, 0.29) is 24.8 Å². The minimum atomic E-state index is -3.66. The molecule has 0 spiro atoms. The van der Waals surface area contributed by atoms with Crippen LogP contribution >= 0.6 is 0 Å². The summed E-state index contributed by atoms with van der Waals surface area (Å²) in [7, 11) is -2.11. The number of nitrogens with zero attached hydrogens (tertiary/aromatic N) is 2. The van der Waals surface area contributed by atoms with Crippen LogP contribution in [0.3, 0.4) is 0 Å². The van der Waals surface area contributed by atoms with Crippen LogP contribution in [0.1, 0.15) is 12.0 Å². The van der Waals surface area contributed by atoms with Gasteiger partial charge in [0.15, 0.2) is 0 Å². The molecule has 0 aromatic heterocycles. The van der Waals surface area contributed by atoms with Crippen molar-refractivity contribution in [3.8, 4) is 0 Å². The highest BCUT2D eigenvalue weighted by Crippen LogP contribution is 2.24. The number of benzene rings is 1. The van der Waals surface area contributed by atoms with Crippen LogP contribution in [0, 0.1) is 0 Å². The molecular weight excluding hydrogens is 358 g/mol. The third-order valence-corrected chi connectivity index (χ3v) is 5.33. The average Bonchev–Trinajstić information content (AvgIpc) is 2.64. The molecule has 1 aromatic rings. The number of para-hydroxylation sites is 1. The molecule has 1 fully saturated rings. The van der Waals surface area contributed by atoms with Crippen molar-refractivity contribution in [3.63, 3.8) is 0 Å². The number of hydrogen-bond acceptors (Lipinski definition) is 5. The Morgan fingerprint density at radius 1 is 1.23 bits per heavy atom. The molecule has 1 heterocycles. The van der Waals surface area contributed by atoms with Crippen molar-refractivity contribution in [2.24, 2.45) is 0 Å². The largest absolute Gasteiger partial charge is 0.378 e. The molecular formula is C17H25N3O5S. The van der Waals surface area contributed by atoms with Gasteiger partial charge in [-0.25, -0.2) is 8.42 Å². The fourth-order valence-electron chi connectivity index (χ4n) is 2.76. The molecule has 0 saturated carbocycles. The minimum absolute atomic E-state index is 0.130. The maximum absolute atomic E-state index is 12.6. The molecule has 2 amide bonds. The second-order valence-corrected chi connectivity index (χ2v) is 7.97. The Bertz CT molecular complexity index is 745. The summed E-state index contributed by atoms with van der Waals surface area (Å²) in [4.78, 5) is 25.7. The number of amides is 2. The van der Waals surface area contributed by atoms with Crippen molar-refractivity contribution in [3.05, 3.63) is 29.8 Å². The maximum Gasteiger partial charge on any atom is 0.243 e. The van der Waals surface area contributed by atoms with E-state index >= 15 is 0 Å². The second-order valence-electron chi connectivity index (χ2n) is 6.06. The standard InChI is InChI=1S/C17H25N3O5S/c1-18-16(21)8-7-14-5-3-4-6-15(14)20(26(2,23)24)13-17(22)19-9-11-25-12-10-19/h3-6H,7-13H2,1-2H3,(H,18,21). The van der Waals surface area contributed by atoms with Gasteiger partial charge in [0.1, 0.15) is 6.54 Å². The number of aryl methyl sites for hydroxylation is 1. The Kier molecular flexibility index (Phi) is 6.98. The van der Waals surface area contributed by atoms with E-state index in [0.29, 0.717) is 44.0 Å².